The van der Waals surface area contributed by atoms with Gasteiger partial charge in [0.05, 0.1) is 14.2 Å². The second-order valence-corrected chi connectivity index (χ2v) is 4.51. The predicted octanol–water partition coefficient (Wildman–Crippen LogP) is 4.88. The van der Waals surface area contributed by atoms with Crippen molar-refractivity contribution in [3.05, 3.63) is 59.7 Å². The standard InChI is InChI=1S/C17H20O2.CH4/c1-4-17(13-5-9-15(18-2)10-6-13)14-7-11-16(19-3)12-8-14;/h5-12,17H,4H2,1-3H3;1H4. The summed E-state index contributed by atoms with van der Waals surface area (Å²) in [6.45, 7) is 2.21. The van der Waals surface area contributed by atoms with Gasteiger partial charge in [0.15, 0.2) is 0 Å². The third kappa shape index (κ3) is 3.53. The molecule has 2 aromatic rings. The van der Waals surface area contributed by atoms with E-state index in [0.717, 1.165) is 17.9 Å². The molecule has 2 aromatic carbocycles. The van der Waals surface area contributed by atoms with Crippen molar-refractivity contribution in [2.75, 3.05) is 14.2 Å². The quantitative estimate of drug-likeness (QED) is 0.772. The van der Waals surface area contributed by atoms with Crippen LogP contribution in [0.5, 0.6) is 11.5 Å². The van der Waals surface area contributed by atoms with Crippen molar-refractivity contribution >= 4 is 0 Å². The molecule has 0 atom stereocenters. The van der Waals surface area contributed by atoms with Crippen LogP contribution in [0.4, 0.5) is 0 Å². The molecule has 2 heteroatoms. The summed E-state index contributed by atoms with van der Waals surface area (Å²) in [6.07, 6.45) is 1.07. The fraction of sp³-hybridized carbons (Fsp3) is 0.333. The summed E-state index contributed by atoms with van der Waals surface area (Å²) < 4.78 is 10.4. The Balaban J connectivity index is 0.00000200. The van der Waals surface area contributed by atoms with Crippen LogP contribution >= 0.6 is 0 Å². The van der Waals surface area contributed by atoms with E-state index in [1.807, 2.05) is 24.3 Å². The molecular weight excluding hydrogens is 248 g/mol. The molecule has 0 aliphatic carbocycles. The van der Waals surface area contributed by atoms with E-state index in [-0.39, 0.29) is 7.43 Å². The Labute approximate surface area is 122 Å². The third-order valence-electron chi connectivity index (χ3n) is 3.44. The Bertz CT molecular complexity index is 452. The van der Waals surface area contributed by atoms with Gasteiger partial charge in [0.1, 0.15) is 11.5 Å². The van der Waals surface area contributed by atoms with Crippen molar-refractivity contribution in [2.24, 2.45) is 0 Å². The van der Waals surface area contributed by atoms with Gasteiger partial charge in [-0.1, -0.05) is 38.6 Å². The number of ether oxygens (including phenoxy) is 2. The summed E-state index contributed by atoms with van der Waals surface area (Å²) >= 11 is 0. The van der Waals surface area contributed by atoms with Gasteiger partial charge >= 0.3 is 0 Å². The molecule has 2 nitrogen and oxygen atoms in total. The monoisotopic (exact) mass is 272 g/mol. The molecule has 0 heterocycles. The second-order valence-electron chi connectivity index (χ2n) is 4.51. The fourth-order valence-electron chi connectivity index (χ4n) is 2.34. The topological polar surface area (TPSA) is 18.5 Å². The predicted molar refractivity (Wildman–Crippen MR) is 84.9 cm³/mol. The normalized spacial score (nSPS) is 10.0. The van der Waals surface area contributed by atoms with E-state index >= 15 is 0 Å². The molecule has 0 fully saturated rings. The van der Waals surface area contributed by atoms with Crippen LogP contribution in [0.3, 0.4) is 0 Å². The van der Waals surface area contributed by atoms with Crippen molar-refractivity contribution in [3.8, 4) is 11.5 Å². The fourth-order valence-corrected chi connectivity index (χ4v) is 2.34. The van der Waals surface area contributed by atoms with E-state index < -0.39 is 0 Å². The molecular formula is C18H24O2. The number of benzene rings is 2. The van der Waals surface area contributed by atoms with Gasteiger partial charge in [-0.15, -0.1) is 0 Å². The molecule has 20 heavy (non-hydrogen) atoms. The lowest BCUT2D eigenvalue weighted by molar-refractivity contribution is 0.414. The smallest absolute Gasteiger partial charge is 0.118 e. The Morgan fingerprint density at radius 1 is 0.750 bits per heavy atom. The molecule has 0 bridgehead atoms. The van der Waals surface area contributed by atoms with Gasteiger partial charge < -0.3 is 9.47 Å². The lowest BCUT2D eigenvalue weighted by Crippen LogP contribution is -1.99. The maximum absolute atomic E-state index is 5.20. The van der Waals surface area contributed by atoms with Crippen molar-refractivity contribution in [1.29, 1.82) is 0 Å². The summed E-state index contributed by atoms with van der Waals surface area (Å²) in [7, 11) is 3.38. The highest BCUT2D eigenvalue weighted by Gasteiger charge is 2.12. The maximum atomic E-state index is 5.20. The first-order valence-corrected chi connectivity index (χ1v) is 6.56. The molecule has 0 aliphatic rings. The van der Waals surface area contributed by atoms with E-state index in [9.17, 15) is 0 Å². The van der Waals surface area contributed by atoms with Gasteiger partial charge in [-0.2, -0.15) is 0 Å². The zero-order chi connectivity index (χ0) is 13.7. The van der Waals surface area contributed by atoms with Gasteiger partial charge in [0.2, 0.25) is 0 Å². The van der Waals surface area contributed by atoms with Crippen LogP contribution in [0.15, 0.2) is 48.5 Å². The van der Waals surface area contributed by atoms with Crippen LogP contribution in [-0.4, -0.2) is 14.2 Å². The van der Waals surface area contributed by atoms with Gasteiger partial charge in [-0.3, -0.25) is 0 Å². The largest absolute Gasteiger partial charge is 0.497 e. The van der Waals surface area contributed by atoms with Crippen LogP contribution in [0.2, 0.25) is 0 Å². The number of hydrogen-bond acceptors (Lipinski definition) is 2. The van der Waals surface area contributed by atoms with E-state index in [2.05, 4.69) is 31.2 Å². The number of rotatable bonds is 5. The molecule has 0 aliphatic heterocycles. The van der Waals surface area contributed by atoms with Crippen LogP contribution in [0.1, 0.15) is 37.8 Å². The van der Waals surface area contributed by atoms with Crippen LogP contribution in [0, 0.1) is 0 Å². The Morgan fingerprint density at radius 3 is 1.35 bits per heavy atom. The first-order valence-electron chi connectivity index (χ1n) is 6.56. The highest BCUT2D eigenvalue weighted by atomic mass is 16.5. The first-order chi connectivity index (χ1) is 9.28. The van der Waals surface area contributed by atoms with Crippen LogP contribution in [0.25, 0.3) is 0 Å². The molecule has 2 rings (SSSR count). The average molecular weight is 272 g/mol. The molecule has 0 N–H and O–H groups in total. The molecule has 0 radical (unpaired) electrons. The Kier molecular flexibility index (Phi) is 6.10. The Morgan fingerprint density at radius 2 is 1.10 bits per heavy atom. The average Bonchev–Trinajstić information content (AvgIpc) is 2.49. The molecule has 0 unspecified atom stereocenters. The summed E-state index contributed by atoms with van der Waals surface area (Å²) in [4.78, 5) is 0. The molecule has 108 valence electrons. The minimum atomic E-state index is 0. The van der Waals surface area contributed by atoms with Crippen molar-refractivity contribution in [3.63, 3.8) is 0 Å². The zero-order valence-electron chi connectivity index (χ0n) is 11.7. The lowest BCUT2D eigenvalue weighted by atomic mass is 9.89. The van der Waals surface area contributed by atoms with Gasteiger partial charge in [-0.05, 0) is 41.8 Å². The maximum Gasteiger partial charge on any atom is 0.118 e. The summed E-state index contributed by atoms with van der Waals surface area (Å²) in [5, 5.41) is 0. The summed E-state index contributed by atoms with van der Waals surface area (Å²) in [5.74, 6) is 2.21. The summed E-state index contributed by atoms with van der Waals surface area (Å²) in [6, 6.07) is 16.6. The van der Waals surface area contributed by atoms with Crippen molar-refractivity contribution < 1.29 is 9.47 Å². The Hall–Kier alpha value is -1.96. The number of hydrogen-bond donors (Lipinski definition) is 0. The zero-order valence-corrected chi connectivity index (χ0v) is 11.7. The lowest BCUT2D eigenvalue weighted by Gasteiger charge is -2.16. The summed E-state index contributed by atoms with van der Waals surface area (Å²) in [5.41, 5.74) is 2.63. The first kappa shape index (κ1) is 16.1. The second kappa shape index (κ2) is 7.59. The van der Waals surface area contributed by atoms with Crippen LogP contribution in [-0.2, 0) is 0 Å². The minimum Gasteiger partial charge on any atom is -0.497 e. The molecule has 0 spiro atoms. The highest BCUT2D eigenvalue weighted by molar-refractivity contribution is 5.38. The molecule has 0 amide bonds. The molecule has 0 saturated carbocycles. The van der Waals surface area contributed by atoms with Gasteiger partial charge in [0, 0.05) is 5.92 Å². The molecule has 0 aromatic heterocycles. The number of methoxy groups -OCH3 is 2. The highest BCUT2D eigenvalue weighted by Crippen LogP contribution is 2.30. The van der Waals surface area contributed by atoms with Gasteiger partial charge in [-0.25, -0.2) is 0 Å². The SMILES string of the molecule is C.CCC(c1ccc(OC)cc1)c1ccc(OC)cc1. The van der Waals surface area contributed by atoms with Crippen LogP contribution < -0.4 is 9.47 Å². The van der Waals surface area contributed by atoms with Gasteiger partial charge in [0.25, 0.3) is 0 Å². The van der Waals surface area contributed by atoms with E-state index in [4.69, 9.17) is 9.47 Å². The third-order valence-corrected chi connectivity index (χ3v) is 3.44. The van der Waals surface area contributed by atoms with E-state index in [1.54, 1.807) is 14.2 Å². The van der Waals surface area contributed by atoms with Crippen molar-refractivity contribution in [2.45, 2.75) is 26.7 Å². The molecule has 0 saturated heterocycles. The van der Waals surface area contributed by atoms with E-state index in [1.165, 1.54) is 11.1 Å². The van der Waals surface area contributed by atoms with E-state index in [0.29, 0.717) is 5.92 Å². The van der Waals surface area contributed by atoms with Crippen molar-refractivity contribution in [1.82, 2.24) is 0 Å². The minimum absolute atomic E-state index is 0.